The Balaban J connectivity index is 1.48. The van der Waals surface area contributed by atoms with Gasteiger partial charge in [-0.15, -0.1) is 0 Å². The Kier molecular flexibility index (Phi) is 4.93. The van der Waals surface area contributed by atoms with E-state index in [-0.39, 0.29) is 16.7 Å². The number of pyridine rings is 1. The number of fused-ring (bicyclic) bond motifs is 4. The maximum Gasteiger partial charge on any atom is 0.326 e. The topological polar surface area (TPSA) is 74.3 Å². The third kappa shape index (κ3) is 3.49. The van der Waals surface area contributed by atoms with Crippen LogP contribution in [0.3, 0.4) is 0 Å². The van der Waals surface area contributed by atoms with Crippen molar-refractivity contribution in [1.29, 1.82) is 0 Å². The van der Waals surface area contributed by atoms with Crippen molar-refractivity contribution in [3.05, 3.63) is 99.7 Å². The van der Waals surface area contributed by atoms with Gasteiger partial charge >= 0.3 is 6.03 Å². The Labute approximate surface area is 203 Å². The molecule has 3 aromatic carbocycles. The molecule has 2 N–H and O–H groups in total. The molecule has 3 amide bonds. The molecule has 6 nitrogen and oxygen atoms in total. The molecule has 0 spiro atoms. The molecule has 2 aliphatic rings. The van der Waals surface area contributed by atoms with Gasteiger partial charge in [-0.1, -0.05) is 17.7 Å². The molecule has 1 aromatic heterocycles. The molecule has 35 heavy (non-hydrogen) atoms. The molecule has 0 fully saturated rings. The van der Waals surface area contributed by atoms with Crippen LogP contribution < -0.4 is 15.5 Å². The lowest BCUT2D eigenvalue weighted by Crippen LogP contribution is -2.33. The van der Waals surface area contributed by atoms with Crippen molar-refractivity contribution < 1.29 is 18.4 Å². The molecule has 1 unspecified atom stereocenters. The van der Waals surface area contributed by atoms with Crippen molar-refractivity contribution in [1.82, 2.24) is 10.3 Å². The van der Waals surface area contributed by atoms with Gasteiger partial charge in [0.25, 0.3) is 5.91 Å². The summed E-state index contributed by atoms with van der Waals surface area (Å²) in [6, 6.07) is 12.2. The van der Waals surface area contributed by atoms with Gasteiger partial charge in [-0.2, -0.15) is 0 Å². The molecule has 4 aromatic rings. The first-order chi connectivity index (χ1) is 16.9. The summed E-state index contributed by atoms with van der Waals surface area (Å²) in [5.41, 5.74) is 3.45. The van der Waals surface area contributed by atoms with Crippen LogP contribution in [0, 0.1) is 11.6 Å². The zero-order valence-electron chi connectivity index (χ0n) is 18.1. The van der Waals surface area contributed by atoms with Gasteiger partial charge in [0.05, 0.1) is 22.8 Å². The lowest BCUT2D eigenvalue weighted by atomic mass is 9.93. The van der Waals surface area contributed by atoms with Crippen LogP contribution in [0.5, 0.6) is 0 Å². The molecule has 0 aliphatic carbocycles. The SMILES string of the molecule is O=C1NC(c2cc(F)ccc2Cl)c2c(NC(=O)N3CCc4cc(F)ccc43)cc3ncccc3c21. The number of rotatable bonds is 2. The molecule has 1 atom stereocenters. The average Bonchev–Trinajstić information content (AvgIpc) is 3.42. The second-order valence-electron chi connectivity index (χ2n) is 8.46. The van der Waals surface area contributed by atoms with Crippen molar-refractivity contribution >= 4 is 45.8 Å². The van der Waals surface area contributed by atoms with Gasteiger partial charge in [0.1, 0.15) is 11.6 Å². The van der Waals surface area contributed by atoms with Crippen LogP contribution in [0.1, 0.15) is 33.1 Å². The van der Waals surface area contributed by atoms with Crippen LogP contribution in [0.2, 0.25) is 5.02 Å². The zero-order chi connectivity index (χ0) is 24.3. The normalized spacial score (nSPS) is 16.3. The highest BCUT2D eigenvalue weighted by Gasteiger charge is 2.37. The predicted molar refractivity (Wildman–Crippen MR) is 129 cm³/mol. The fourth-order valence-electron chi connectivity index (χ4n) is 4.89. The van der Waals surface area contributed by atoms with E-state index in [1.807, 2.05) is 0 Å². The summed E-state index contributed by atoms with van der Waals surface area (Å²) in [4.78, 5) is 32.4. The third-order valence-corrected chi connectivity index (χ3v) is 6.78. The van der Waals surface area contributed by atoms with Gasteiger partial charge in [-0.3, -0.25) is 14.7 Å². The van der Waals surface area contributed by atoms with E-state index in [1.165, 1.54) is 35.2 Å². The highest BCUT2D eigenvalue weighted by Crippen LogP contribution is 2.42. The highest BCUT2D eigenvalue weighted by atomic mass is 35.5. The van der Waals surface area contributed by atoms with Gasteiger partial charge in [-0.05, 0) is 60.5 Å². The van der Waals surface area contributed by atoms with Crippen LogP contribution in [-0.4, -0.2) is 23.5 Å². The third-order valence-electron chi connectivity index (χ3n) is 6.43. The van der Waals surface area contributed by atoms with E-state index < -0.39 is 17.9 Å². The molecule has 0 bridgehead atoms. The minimum absolute atomic E-state index is 0.281. The lowest BCUT2D eigenvalue weighted by molar-refractivity contribution is 0.0962. The summed E-state index contributed by atoms with van der Waals surface area (Å²) in [7, 11) is 0. The number of hydrogen-bond acceptors (Lipinski definition) is 3. The summed E-state index contributed by atoms with van der Waals surface area (Å²) in [5, 5.41) is 6.67. The molecule has 174 valence electrons. The molecule has 3 heterocycles. The first kappa shape index (κ1) is 21.5. The average molecular weight is 491 g/mol. The van der Waals surface area contributed by atoms with Crippen molar-refractivity contribution in [2.75, 3.05) is 16.8 Å². The maximum atomic E-state index is 14.1. The van der Waals surface area contributed by atoms with E-state index in [2.05, 4.69) is 15.6 Å². The zero-order valence-corrected chi connectivity index (χ0v) is 18.9. The van der Waals surface area contributed by atoms with Gasteiger partial charge in [0, 0.05) is 40.0 Å². The standard InChI is InChI=1S/C26H17ClF2N4O2/c27-18-5-3-15(29)11-17(18)24-23-20(12-19-16(2-1-8-30-19)22(23)25(34)32-24)31-26(35)33-9-7-13-10-14(28)4-6-21(13)33/h1-6,8,10-12,24H,7,9H2,(H,31,35)(H,32,34). The lowest BCUT2D eigenvalue weighted by Gasteiger charge is -2.22. The van der Waals surface area contributed by atoms with Crippen LogP contribution in [0.4, 0.5) is 25.0 Å². The number of halogens is 3. The Morgan fingerprint density at radius 3 is 2.77 bits per heavy atom. The van der Waals surface area contributed by atoms with E-state index in [0.717, 1.165) is 5.56 Å². The summed E-state index contributed by atoms with van der Waals surface area (Å²) in [5.74, 6) is -1.23. The summed E-state index contributed by atoms with van der Waals surface area (Å²) < 4.78 is 27.8. The molecule has 0 saturated carbocycles. The number of nitrogens with one attached hydrogen (secondary N) is 2. The van der Waals surface area contributed by atoms with E-state index in [0.29, 0.717) is 51.9 Å². The number of urea groups is 1. The van der Waals surface area contributed by atoms with E-state index in [4.69, 9.17) is 11.6 Å². The first-order valence-corrected chi connectivity index (χ1v) is 11.3. The summed E-state index contributed by atoms with van der Waals surface area (Å²) >= 11 is 6.38. The van der Waals surface area contributed by atoms with E-state index in [1.54, 1.807) is 30.5 Å². The van der Waals surface area contributed by atoms with Crippen molar-refractivity contribution in [2.45, 2.75) is 12.5 Å². The van der Waals surface area contributed by atoms with Crippen LogP contribution >= 0.6 is 11.6 Å². The van der Waals surface area contributed by atoms with E-state index >= 15 is 0 Å². The van der Waals surface area contributed by atoms with Crippen LogP contribution in [-0.2, 0) is 6.42 Å². The molecule has 2 aliphatic heterocycles. The molecule has 6 rings (SSSR count). The van der Waals surface area contributed by atoms with Crippen LogP contribution in [0.25, 0.3) is 10.9 Å². The maximum absolute atomic E-state index is 14.1. The number of anilines is 2. The first-order valence-electron chi connectivity index (χ1n) is 10.9. The van der Waals surface area contributed by atoms with Gasteiger partial charge in [-0.25, -0.2) is 13.6 Å². The summed E-state index contributed by atoms with van der Waals surface area (Å²) in [6.45, 7) is 0.384. The van der Waals surface area contributed by atoms with Gasteiger partial charge in [0.2, 0.25) is 0 Å². The minimum atomic E-state index is -0.777. The minimum Gasteiger partial charge on any atom is -0.341 e. The molecule has 0 saturated heterocycles. The number of amides is 3. The predicted octanol–water partition coefficient (Wildman–Crippen LogP) is 5.59. The Bertz CT molecular complexity index is 1560. The second kappa shape index (κ2) is 8.02. The van der Waals surface area contributed by atoms with Crippen molar-refractivity contribution in [2.24, 2.45) is 0 Å². The second-order valence-corrected chi connectivity index (χ2v) is 8.87. The number of hydrogen-bond donors (Lipinski definition) is 2. The smallest absolute Gasteiger partial charge is 0.326 e. The van der Waals surface area contributed by atoms with Crippen molar-refractivity contribution in [3.63, 3.8) is 0 Å². The largest absolute Gasteiger partial charge is 0.341 e. The molecule has 9 heteroatoms. The van der Waals surface area contributed by atoms with Crippen molar-refractivity contribution in [3.8, 4) is 0 Å². The summed E-state index contributed by atoms with van der Waals surface area (Å²) in [6.07, 6.45) is 2.12. The van der Waals surface area contributed by atoms with Crippen LogP contribution in [0.15, 0.2) is 60.8 Å². The number of nitrogens with zero attached hydrogens (tertiary/aromatic N) is 2. The Morgan fingerprint density at radius 2 is 1.91 bits per heavy atom. The number of carbonyl (C=O) groups is 2. The molecular weight excluding hydrogens is 474 g/mol. The van der Waals surface area contributed by atoms with Gasteiger partial charge < -0.3 is 10.6 Å². The monoisotopic (exact) mass is 490 g/mol. The molecular formula is C26H17ClF2N4O2. The quantitative estimate of drug-likeness (QED) is 0.384. The molecule has 0 radical (unpaired) electrons. The van der Waals surface area contributed by atoms with Gasteiger partial charge in [0.15, 0.2) is 0 Å². The van der Waals surface area contributed by atoms with E-state index in [9.17, 15) is 18.4 Å². The highest BCUT2D eigenvalue weighted by molar-refractivity contribution is 6.31. The fourth-order valence-corrected chi connectivity index (χ4v) is 5.12. The Morgan fingerprint density at radius 1 is 1.11 bits per heavy atom. The number of benzene rings is 3. The fraction of sp³-hybridized carbons (Fsp3) is 0.115. The number of aromatic nitrogens is 1. The Hall–Kier alpha value is -4.04. The number of carbonyl (C=O) groups excluding carboxylic acids is 2.